The van der Waals surface area contributed by atoms with E-state index in [9.17, 15) is 4.79 Å². The molecule has 1 aromatic rings. The molecule has 17 heavy (non-hydrogen) atoms. The van der Waals surface area contributed by atoms with Crippen molar-refractivity contribution >= 4 is 21.7 Å². The van der Waals surface area contributed by atoms with E-state index in [4.69, 9.17) is 0 Å². The van der Waals surface area contributed by atoms with Crippen LogP contribution in [0.25, 0.3) is 0 Å². The van der Waals surface area contributed by atoms with E-state index in [1.165, 1.54) is 11.1 Å². The number of carbonyl (C=O) groups excluding carboxylic acids is 1. The fourth-order valence-electron chi connectivity index (χ4n) is 2.00. The lowest BCUT2D eigenvalue weighted by Gasteiger charge is -2.26. The number of aryl methyl sites for hydroxylation is 1. The first-order valence-corrected chi connectivity index (χ1v) is 6.63. The highest BCUT2D eigenvalue weighted by molar-refractivity contribution is 9.10. The van der Waals surface area contributed by atoms with Crippen LogP contribution in [0.15, 0.2) is 22.7 Å². The van der Waals surface area contributed by atoms with E-state index >= 15 is 0 Å². The second-order valence-electron chi connectivity index (χ2n) is 4.72. The van der Waals surface area contributed by atoms with Crippen LogP contribution in [0.5, 0.6) is 0 Å². The molecule has 0 saturated carbocycles. The number of hydrogen-bond acceptors (Lipinski definition) is 2. The predicted molar refractivity (Wildman–Crippen MR) is 75.2 cm³/mol. The normalized spacial score (nSPS) is 12.8. The Morgan fingerprint density at radius 1 is 1.41 bits per heavy atom. The number of carbonyl (C=O) groups is 1. The maximum atomic E-state index is 11.1. The molecule has 1 atom stereocenters. The minimum atomic E-state index is 0.254. The molecule has 0 N–H and O–H groups in total. The van der Waals surface area contributed by atoms with Gasteiger partial charge in [0.25, 0.3) is 0 Å². The smallest absolute Gasteiger partial charge is 0.129 e. The fraction of sp³-hybridized carbons (Fsp3) is 0.500. The van der Waals surface area contributed by atoms with Crippen molar-refractivity contribution in [2.45, 2.75) is 32.7 Å². The summed E-state index contributed by atoms with van der Waals surface area (Å²) in [6.07, 6.45) is 1.51. The summed E-state index contributed by atoms with van der Waals surface area (Å²) in [5.41, 5.74) is 2.57. The number of Topliss-reactive ketones (excluding diaryl/α,β-unsaturated/α-hetero) is 1. The third-order valence-corrected chi connectivity index (χ3v) is 3.49. The molecule has 0 aliphatic heterocycles. The van der Waals surface area contributed by atoms with Crippen molar-refractivity contribution in [1.29, 1.82) is 0 Å². The lowest BCUT2D eigenvalue weighted by atomic mass is 9.96. The Kier molecular flexibility index (Phi) is 5.34. The Bertz CT molecular complexity index is 401. The molecule has 1 aromatic carbocycles. The molecule has 94 valence electrons. The Balaban J connectivity index is 2.96. The predicted octanol–water partition coefficient (Wildman–Crippen LogP) is 3.73. The van der Waals surface area contributed by atoms with Gasteiger partial charge < -0.3 is 9.69 Å². The molecule has 0 aliphatic carbocycles. The minimum Gasteiger partial charge on any atom is -0.302 e. The van der Waals surface area contributed by atoms with Gasteiger partial charge in [-0.2, -0.15) is 0 Å². The van der Waals surface area contributed by atoms with Crippen LogP contribution in [-0.4, -0.2) is 24.8 Å². The van der Waals surface area contributed by atoms with Crippen molar-refractivity contribution in [2.24, 2.45) is 0 Å². The monoisotopic (exact) mass is 297 g/mol. The SMILES string of the molecule is CC(=O)CCC(c1cc(Br)ccc1C)N(C)C. The summed E-state index contributed by atoms with van der Waals surface area (Å²) >= 11 is 3.51. The second kappa shape index (κ2) is 6.31. The van der Waals surface area contributed by atoms with Gasteiger partial charge in [0.15, 0.2) is 0 Å². The topological polar surface area (TPSA) is 20.3 Å². The first kappa shape index (κ1) is 14.4. The largest absolute Gasteiger partial charge is 0.302 e. The van der Waals surface area contributed by atoms with E-state index in [-0.39, 0.29) is 5.78 Å². The number of halogens is 1. The summed E-state index contributed by atoms with van der Waals surface area (Å²) in [6.45, 7) is 3.77. The van der Waals surface area contributed by atoms with Gasteiger partial charge in [0.1, 0.15) is 5.78 Å². The van der Waals surface area contributed by atoms with Crippen molar-refractivity contribution in [1.82, 2.24) is 4.90 Å². The maximum Gasteiger partial charge on any atom is 0.129 e. The van der Waals surface area contributed by atoms with Crippen LogP contribution in [0.3, 0.4) is 0 Å². The molecule has 0 bridgehead atoms. The zero-order valence-electron chi connectivity index (χ0n) is 11.0. The van der Waals surface area contributed by atoms with E-state index < -0.39 is 0 Å². The van der Waals surface area contributed by atoms with Gasteiger partial charge in [-0.3, -0.25) is 0 Å². The van der Waals surface area contributed by atoms with Crippen molar-refractivity contribution in [3.8, 4) is 0 Å². The highest BCUT2D eigenvalue weighted by Crippen LogP contribution is 2.28. The molecule has 0 fully saturated rings. The lowest BCUT2D eigenvalue weighted by Crippen LogP contribution is -2.21. The van der Waals surface area contributed by atoms with E-state index in [1.807, 2.05) is 0 Å². The van der Waals surface area contributed by atoms with E-state index in [2.05, 4.69) is 60.0 Å². The van der Waals surface area contributed by atoms with Crippen LogP contribution in [0.2, 0.25) is 0 Å². The molecule has 1 unspecified atom stereocenters. The van der Waals surface area contributed by atoms with E-state index in [0.29, 0.717) is 12.5 Å². The van der Waals surface area contributed by atoms with Crippen LogP contribution < -0.4 is 0 Å². The summed E-state index contributed by atoms with van der Waals surface area (Å²) in [6, 6.07) is 6.62. The molecule has 0 heterocycles. The van der Waals surface area contributed by atoms with Crippen molar-refractivity contribution in [3.05, 3.63) is 33.8 Å². The minimum absolute atomic E-state index is 0.254. The van der Waals surface area contributed by atoms with Crippen LogP contribution in [-0.2, 0) is 4.79 Å². The summed E-state index contributed by atoms with van der Waals surface area (Å²) in [5, 5.41) is 0. The van der Waals surface area contributed by atoms with Crippen LogP contribution >= 0.6 is 15.9 Å². The number of rotatable bonds is 5. The van der Waals surface area contributed by atoms with Gasteiger partial charge in [-0.1, -0.05) is 22.0 Å². The summed E-state index contributed by atoms with van der Waals surface area (Å²) in [7, 11) is 4.12. The molecule has 0 radical (unpaired) electrons. The standard InChI is InChI=1S/C14H20BrNO/c1-10-5-7-12(15)9-13(10)14(16(3)4)8-6-11(2)17/h5,7,9,14H,6,8H2,1-4H3. The molecular weight excluding hydrogens is 278 g/mol. The third-order valence-electron chi connectivity index (χ3n) is 2.99. The first-order chi connectivity index (χ1) is 7.91. The Hall–Kier alpha value is -0.670. The second-order valence-corrected chi connectivity index (χ2v) is 5.64. The fourth-order valence-corrected chi connectivity index (χ4v) is 2.38. The zero-order valence-corrected chi connectivity index (χ0v) is 12.5. The Morgan fingerprint density at radius 3 is 2.59 bits per heavy atom. The molecule has 3 heteroatoms. The molecule has 0 amide bonds. The van der Waals surface area contributed by atoms with E-state index in [0.717, 1.165) is 10.9 Å². The summed E-state index contributed by atoms with van der Waals surface area (Å²) < 4.78 is 1.09. The Labute approximate surface area is 112 Å². The number of nitrogens with zero attached hydrogens (tertiary/aromatic N) is 1. The van der Waals surface area contributed by atoms with E-state index in [1.54, 1.807) is 6.92 Å². The van der Waals surface area contributed by atoms with Crippen LogP contribution in [0.4, 0.5) is 0 Å². The van der Waals surface area contributed by atoms with Crippen molar-refractivity contribution in [2.75, 3.05) is 14.1 Å². The highest BCUT2D eigenvalue weighted by atomic mass is 79.9. The number of benzene rings is 1. The van der Waals surface area contributed by atoms with Crippen LogP contribution in [0.1, 0.15) is 36.9 Å². The van der Waals surface area contributed by atoms with Gasteiger partial charge in [-0.15, -0.1) is 0 Å². The maximum absolute atomic E-state index is 11.1. The molecule has 0 aromatic heterocycles. The van der Waals surface area contributed by atoms with Crippen molar-refractivity contribution in [3.63, 3.8) is 0 Å². The molecule has 0 saturated heterocycles. The van der Waals surface area contributed by atoms with Gasteiger partial charge in [-0.05, 0) is 57.6 Å². The molecule has 2 nitrogen and oxygen atoms in total. The van der Waals surface area contributed by atoms with Gasteiger partial charge in [0.2, 0.25) is 0 Å². The van der Waals surface area contributed by atoms with Gasteiger partial charge in [0.05, 0.1) is 0 Å². The molecule has 0 spiro atoms. The average molecular weight is 298 g/mol. The molecular formula is C14H20BrNO. The third kappa shape index (κ3) is 4.25. The average Bonchev–Trinajstić information content (AvgIpc) is 2.22. The summed E-state index contributed by atoms with van der Waals surface area (Å²) in [4.78, 5) is 13.3. The molecule has 1 rings (SSSR count). The van der Waals surface area contributed by atoms with Gasteiger partial charge in [-0.25, -0.2) is 0 Å². The lowest BCUT2D eigenvalue weighted by molar-refractivity contribution is -0.117. The number of hydrogen-bond donors (Lipinski definition) is 0. The number of ketones is 1. The quantitative estimate of drug-likeness (QED) is 0.825. The Morgan fingerprint density at radius 2 is 2.06 bits per heavy atom. The summed E-state index contributed by atoms with van der Waals surface area (Å²) in [5.74, 6) is 0.254. The first-order valence-electron chi connectivity index (χ1n) is 5.83. The highest BCUT2D eigenvalue weighted by Gasteiger charge is 2.17. The van der Waals surface area contributed by atoms with Gasteiger partial charge in [0, 0.05) is 16.9 Å². The zero-order chi connectivity index (χ0) is 13.0. The van der Waals surface area contributed by atoms with Gasteiger partial charge >= 0.3 is 0 Å². The van der Waals surface area contributed by atoms with Crippen LogP contribution in [0, 0.1) is 6.92 Å². The van der Waals surface area contributed by atoms with Crippen molar-refractivity contribution < 1.29 is 4.79 Å². The molecule has 0 aliphatic rings.